The van der Waals surface area contributed by atoms with E-state index in [1.54, 1.807) is 37.5 Å². The van der Waals surface area contributed by atoms with Gasteiger partial charge in [0.25, 0.3) is 0 Å². The first-order valence-corrected chi connectivity index (χ1v) is 7.63. The van der Waals surface area contributed by atoms with Crippen LogP contribution in [0.3, 0.4) is 0 Å². The van der Waals surface area contributed by atoms with Gasteiger partial charge in [0.05, 0.1) is 30.3 Å². The number of nitrogens with one attached hydrogen (secondary N) is 1. The molecule has 1 N–H and O–H groups in total. The third-order valence-electron chi connectivity index (χ3n) is 3.28. The molecule has 3 aromatic rings. The first-order chi connectivity index (χ1) is 12.2. The van der Waals surface area contributed by atoms with Gasteiger partial charge in [-0.25, -0.2) is 14.2 Å². The van der Waals surface area contributed by atoms with Crippen molar-refractivity contribution in [1.29, 1.82) is 0 Å². The smallest absolute Gasteiger partial charge is 0.339 e. The minimum Gasteiger partial charge on any atom is -0.462 e. The molecule has 0 radical (unpaired) electrons. The van der Waals surface area contributed by atoms with Gasteiger partial charge in [-0.1, -0.05) is 6.07 Å². The number of esters is 1. The van der Waals surface area contributed by atoms with E-state index in [9.17, 15) is 9.18 Å². The summed E-state index contributed by atoms with van der Waals surface area (Å²) in [7, 11) is 0. The molecule has 0 unspecified atom stereocenters. The van der Waals surface area contributed by atoms with Gasteiger partial charge in [-0.15, -0.1) is 0 Å². The van der Waals surface area contributed by atoms with Gasteiger partial charge in [-0.05, 0) is 31.2 Å². The minimum absolute atomic E-state index is 0.288. The maximum absolute atomic E-state index is 13.3. The average Bonchev–Trinajstić information content (AvgIpc) is 2.62. The fourth-order valence-corrected chi connectivity index (χ4v) is 2.19. The zero-order valence-electron chi connectivity index (χ0n) is 13.4. The lowest BCUT2D eigenvalue weighted by Crippen LogP contribution is -2.05. The second-order valence-corrected chi connectivity index (χ2v) is 5.11. The molecule has 0 amide bonds. The highest BCUT2D eigenvalue weighted by atomic mass is 19.1. The van der Waals surface area contributed by atoms with Crippen molar-refractivity contribution in [1.82, 2.24) is 15.0 Å². The van der Waals surface area contributed by atoms with Crippen LogP contribution in [-0.4, -0.2) is 27.5 Å². The van der Waals surface area contributed by atoms with E-state index < -0.39 is 5.97 Å². The molecule has 3 rings (SSSR count). The number of nitrogens with zero attached hydrogens (tertiary/aromatic N) is 3. The van der Waals surface area contributed by atoms with E-state index in [-0.39, 0.29) is 12.4 Å². The summed E-state index contributed by atoms with van der Waals surface area (Å²) < 4.78 is 18.2. The Morgan fingerprint density at radius 1 is 1.16 bits per heavy atom. The molecule has 0 saturated heterocycles. The molecule has 0 aliphatic rings. The number of hydrogen-bond acceptors (Lipinski definition) is 6. The van der Waals surface area contributed by atoms with Gasteiger partial charge in [0.1, 0.15) is 11.6 Å². The number of pyridine rings is 1. The molecule has 25 heavy (non-hydrogen) atoms. The molecule has 0 bridgehead atoms. The Morgan fingerprint density at radius 3 is 2.80 bits per heavy atom. The molecule has 126 valence electrons. The molecule has 0 aliphatic carbocycles. The lowest BCUT2D eigenvalue weighted by molar-refractivity contribution is 0.0526. The molecule has 6 nitrogen and oxygen atoms in total. The summed E-state index contributed by atoms with van der Waals surface area (Å²) in [6, 6.07) is 7.68. The second-order valence-electron chi connectivity index (χ2n) is 5.11. The Kier molecular flexibility index (Phi) is 4.94. The van der Waals surface area contributed by atoms with Crippen molar-refractivity contribution in [2.75, 3.05) is 11.9 Å². The van der Waals surface area contributed by atoms with Crippen LogP contribution in [0.2, 0.25) is 0 Å². The Balaban J connectivity index is 1.86. The molecule has 7 heteroatoms. The Morgan fingerprint density at radius 2 is 2.00 bits per heavy atom. The van der Waals surface area contributed by atoms with Crippen LogP contribution in [-0.2, 0) is 4.74 Å². The number of anilines is 2. The van der Waals surface area contributed by atoms with Crippen molar-refractivity contribution < 1.29 is 13.9 Å². The summed E-state index contributed by atoms with van der Waals surface area (Å²) >= 11 is 0. The van der Waals surface area contributed by atoms with Crippen LogP contribution < -0.4 is 5.32 Å². The zero-order valence-corrected chi connectivity index (χ0v) is 13.4. The number of ether oxygens (including phenoxy) is 1. The standard InChI is InChI=1S/C18H15FN4O2/c1-2-25-18(24)13-6-12(8-20-9-13)16-10-21-11-17(23-16)22-15-5-3-4-14(19)7-15/h3-11H,2H2,1H3,(H,22,23). The van der Waals surface area contributed by atoms with E-state index in [4.69, 9.17) is 4.74 Å². The van der Waals surface area contributed by atoms with Crippen LogP contribution in [0.15, 0.2) is 55.1 Å². The Hall–Kier alpha value is -3.35. The highest BCUT2D eigenvalue weighted by molar-refractivity contribution is 5.90. The number of rotatable bonds is 5. The van der Waals surface area contributed by atoms with Gasteiger partial charge >= 0.3 is 5.97 Å². The predicted molar refractivity (Wildman–Crippen MR) is 90.9 cm³/mol. The van der Waals surface area contributed by atoms with Crippen LogP contribution in [0.25, 0.3) is 11.3 Å². The summed E-state index contributed by atoms with van der Waals surface area (Å²) in [5.41, 5.74) is 2.05. The van der Waals surface area contributed by atoms with Gasteiger partial charge < -0.3 is 10.1 Å². The van der Waals surface area contributed by atoms with Crippen molar-refractivity contribution in [3.8, 4) is 11.3 Å². The SMILES string of the molecule is CCOC(=O)c1cncc(-c2cncc(Nc3cccc(F)c3)n2)c1. The lowest BCUT2D eigenvalue weighted by Gasteiger charge is -2.08. The molecule has 0 aliphatic heterocycles. The molecular formula is C18H15FN4O2. The molecule has 1 aromatic carbocycles. The Labute approximate surface area is 143 Å². The van der Waals surface area contributed by atoms with Crippen LogP contribution >= 0.6 is 0 Å². The van der Waals surface area contributed by atoms with Gasteiger partial charge in [0.2, 0.25) is 0 Å². The fraction of sp³-hybridized carbons (Fsp3) is 0.111. The fourth-order valence-electron chi connectivity index (χ4n) is 2.19. The van der Waals surface area contributed by atoms with Gasteiger partial charge in [-0.2, -0.15) is 0 Å². The molecular weight excluding hydrogens is 323 g/mol. The number of halogens is 1. The van der Waals surface area contributed by atoms with E-state index in [1.165, 1.54) is 24.5 Å². The summed E-state index contributed by atoms with van der Waals surface area (Å²) in [5.74, 6) is -0.344. The van der Waals surface area contributed by atoms with Crippen molar-refractivity contribution in [3.05, 3.63) is 66.5 Å². The molecule has 0 saturated carbocycles. The highest BCUT2D eigenvalue weighted by Crippen LogP contribution is 2.20. The number of hydrogen-bond donors (Lipinski definition) is 1. The third kappa shape index (κ3) is 4.14. The zero-order chi connectivity index (χ0) is 17.6. The third-order valence-corrected chi connectivity index (χ3v) is 3.28. The van der Waals surface area contributed by atoms with E-state index in [0.717, 1.165) is 0 Å². The monoisotopic (exact) mass is 338 g/mol. The van der Waals surface area contributed by atoms with Crippen LogP contribution in [0.5, 0.6) is 0 Å². The van der Waals surface area contributed by atoms with Crippen LogP contribution in [0, 0.1) is 5.82 Å². The van der Waals surface area contributed by atoms with Gasteiger partial charge in [0, 0.05) is 23.6 Å². The number of carbonyl (C=O) groups is 1. The van der Waals surface area contributed by atoms with E-state index in [1.807, 2.05) is 0 Å². The van der Waals surface area contributed by atoms with Crippen molar-refractivity contribution >= 4 is 17.5 Å². The second kappa shape index (κ2) is 7.48. The molecule has 0 spiro atoms. The maximum Gasteiger partial charge on any atom is 0.339 e. The molecule has 2 aromatic heterocycles. The molecule has 0 fully saturated rings. The number of aromatic nitrogens is 3. The highest BCUT2D eigenvalue weighted by Gasteiger charge is 2.10. The quantitative estimate of drug-likeness (QED) is 0.716. The summed E-state index contributed by atoms with van der Waals surface area (Å²) in [6.45, 7) is 2.03. The average molecular weight is 338 g/mol. The summed E-state index contributed by atoms with van der Waals surface area (Å²) in [5, 5.41) is 2.99. The normalized spacial score (nSPS) is 10.3. The topological polar surface area (TPSA) is 77.0 Å². The lowest BCUT2D eigenvalue weighted by atomic mass is 10.1. The predicted octanol–water partition coefficient (Wildman–Crippen LogP) is 3.60. The van der Waals surface area contributed by atoms with Gasteiger partial charge in [0.15, 0.2) is 0 Å². The summed E-state index contributed by atoms with van der Waals surface area (Å²) in [6.07, 6.45) is 6.10. The van der Waals surface area contributed by atoms with Gasteiger partial charge in [-0.3, -0.25) is 9.97 Å². The van der Waals surface area contributed by atoms with E-state index in [0.29, 0.717) is 28.3 Å². The minimum atomic E-state index is -0.446. The maximum atomic E-state index is 13.3. The van der Waals surface area contributed by atoms with E-state index in [2.05, 4.69) is 20.3 Å². The van der Waals surface area contributed by atoms with Crippen LogP contribution in [0.4, 0.5) is 15.9 Å². The van der Waals surface area contributed by atoms with Crippen LogP contribution in [0.1, 0.15) is 17.3 Å². The van der Waals surface area contributed by atoms with Crippen molar-refractivity contribution in [2.45, 2.75) is 6.92 Å². The first kappa shape index (κ1) is 16.5. The number of carbonyl (C=O) groups excluding carboxylic acids is 1. The molecule has 2 heterocycles. The summed E-state index contributed by atoms with van der Waals surface area (Å²) in [4.78, 5) is 24.4. The number of benzene rings is 1. The molecule has 0 atom stereocenters. The van der Waals surface area contributed by atoms with Crippen molar-refractivity contribution in [2.24, 2.45) is 0 Å². The largest absolute Gasteiger partial charge is 0.462 e. The van der Waals surface area contributed by atoms with Crippen molar-refractivity contribution in [3.63, 3.8) is 0 Å². The Bertz CT molecular complexity index is 902. The van der Waals surface area contributed by atoms with E-state index >= 15 is 0 Å². The first-order valence-electron chi connectivity index (χ1n) is 7.63.